The van der Waals surface area contributed by atoms with Crippen LogP contribution in [0, 0.1) is 0 Å². The Morgan fingerprint density at radius 1 is 0.143 bits per heavy atom. The van der Waals surface area contributed by atoms with Crippen molar-refractivity contribution in [3.8, 4) is 66.8 Å². The van der Waals surface area contributed by atoms with Crippen LogP contribution in [0.25, 0.3) is 225 Å². The van der Waals surface area contributed by atoms with Crippen molar-refractivity contribution in [2.24, 2.45) is 0 Å². The molecule has 0 aliphatic rings. The number of benzene rings is 24. The number of hydrogen-bond acceptors (Lipinski definition) is 9. The molecule has 0 bridgehead atoms. The lowest BCUT2D eigenvalue weighted by molar-refractivity contribution is 0.668. The van der Waals surface area contributed by atoms with Gasteiger partial charge in [0.15, 0.2) is 5.58 Å². The molecular weight excluding hydrogens is 1840 g/mol. The molecule has 6 aromatic heterocycles. The molecule has 0 saturated carbocycles. The number of rotatable bonds is 15. The first kappa shape index (κ1) is 86.4. The molecule has 0 amide bonds. The number of hydrogen-bond donors (Lipinski definition) is 0. The van der Waals surface area contributed by atoms with Crippen LogP contribution in [0.1, 0.15) is 0 Å². The number of fused-ring (bicyclic) bond motifs is 21. The zero-order chi connectivity index (χ0) is 96.9. The fourth-order valence-corrected chi connectivity index (χ4v) is 25.4. The maximum Gasteiger partial charge on any atom is 0.159 e. The molecule has 0 radical (unpaired) electrons. The van der Waals surface area contributed by atoms with Crippen LogP contribution in [0.2, 0.25) is 0 Å². The Labute approximate surface area is 859 Å². The minimum absolute atomic E-state index is 0.871. The molecule has 0 unspecified atom stereocenters. The Morgan fingerprint density at radius 3 is 0.986 bits per heavy atom. The average molecular weight is 1930 g/mol. The largest absolute Gasteiger partial charge is 0.456 e. The van der Waals surface area contributed by atoms with Gasteiger partial charge in [-0.3, -0.25) is 0 Å². The molecule has 0 N–H and O–H groups in total. The van der Waals surface area contributed by atoms with Crippen LogP contribution >= 0.6 is 34.0 Å². The number of furan rings is 3. The molecule has 0 spiro atoms. The van der Waals surface area contributed by atoms with Crippen molar-refractivity contribution in [2.75, 3.05) is 14.7 Å². The first-order valence-corrected chi connectivity index (χ1v) is 52.2. The summed E-state index contributed by atoms with van der Waals surface area (Å²) in [6.07, 6.45) is 0. The second kappa shape index (κ2) is 36.5. The third-order valence-corrected chi connectivity index (χ3v) is 32.6. The van der Waals surface area contributed by atoms with E-state index in [9.17, 15) is 0 Å². The molecule has 0 aliphatic carbocycles. The van der Waals surface area contributed by atoms with Crippen molar-refractivity contribution >= 4 is 244 Å². The fourth-order valence-electron chi connectivity index (χ4n) is 21.9. The van der Waals surface area contributed by atoms with Gasteiger partial charge in [-0.1, -0.05) is 388 Å². The molecule has 6 nitrogen and oxygen atoms in total. The van der Waals surface area contributed by atoms with Crippen LogP contribution in [-0.4, -0.2) is 0 Å². The van der Waals surface area contributed by atoms with Crippen molar-refractivity contribution in [3.05, 3.63) is 528 Å². The Kier molecular flexibility index (Phi) is 21.4. The number of anilines is 9. The number of nitrogens with zero attached hydrogens (tertiary/aromatic N) is 3. The van der Waals surface area contributed by atoms with Crippen molar-refractivity contribution in [3.63, 3.8) is 0 Å². The average Bonchev–Trinajstić information content (AvgIpc) is 1.22. The standard InChI is InChI=1S/C46H29NO2.C46H29NOS.C46H29NS2/c1-2-12-35-32(10-1)11-7-18-41(35)47(42-19-9-17-40-38-14-4-6-21-44(38)49-46(40)42)34-28-26-31(27-29-34)30-22-24-33(25-23-30)36-15-8-16-39-37-13-3-5-20-43(37)48-45(36)39;1-2-11-36-32(9-1)10-7-16-42(36)47(35-27-28-44-41(29-35)38-12-3-5-17-43(38)48-44)34-25-23-31(24-26-34)30-19-21-33(22-20-30)37-14-8-15-40-39-13-4-6-18-45(39)49-46(37)40;1-2-9-34-28-36(25-22-30(34)8-1)47(37-26-27-45-42(29-37)40-11-4-5-14-43(40)48-45)35-23-20-32(21-24-35)31-16-18-33(19-17-31)38-12-7-13-41-39-10-3-6-15-44(39)49-46(38)41/h3*1-29H. The van der Waals surface area contributed by atoms with E-state index in [0.717, 1.165) is 139 Å². The van der Waals surface area contributed by atoms with E-state index in [-0.39, 0.29) is 0 Å². The van der Waals surface area contributed by atoms with E-state index < -0.39 is 0 Å². The highest BCUT2D eigenvalue weighted by Crippen LogP contribution is 2.51. The van der Waals surface area contributed by atoms with Gasteiger partial charge in [0.05, 0.1) is 17.1 Å². The molecule has 0 saturated heterocycles. The Bertz CT molecular complexity index is 10300. The topological polar surface area (TPSA) is 49.1 Å². The fraction of sp³-hybridized carbons (Fsp3) is 0. The first-order chi connectivity index (χ1) is 72.8. The summed E-state index contributed by atoms with van der Waals surface area (Å²) in [5, 5.41) is 21.9. The molecule has 147 heavy (non-hydrogen) atoms. The number of thiophene rings is 3. The summed E-state index contributed by atoms with van der Waals surface area (Å²) in [5.41, 5.74) is 29.7. The van der Waals surface area contributed by atoms with Crippen molar-refractivity contribution in [2.45, 2.75) is 0 Å². The second-order valence-corrected chi connectivity index (χ2v) is 40.7. The van der Waals surface area contributed by atoms with E-state index in [2.05, 4.69) is 506 Å². The van der Waals surface area contributed by atoms with Gasteiger partial charge in [0.1, 0.15) is 27.9 Å². The van der Waals surface area contributed by atoms with Crippen LogP contribution in [0.5, 0.6) is 0 Å². The van der Waals surface area contributed by atoms with Crippen LogP contribution in [0.15, 0.2) is 541 Å². The maximum absolute atomic E-state index is 6.56. The summed E-state index contributed by atoms with van der Waals surface area (Å²) in [5.74, 6) is 0. The van der Waals surface area contributed by atoms with Gasteiger partial charge >= 0.3 is 0 Å². The van der Waals surface area contributed by atoms with E-state index >= 15 is 0 Å². The Morgan fingerprint density at radius 2 is 0.449 bits per heavy atom. The smallest absolute Gasteiger partial charge is 0.159 e. The van der Waals surface area contributed by atoms with Gasteiger partial charge in [-0.15, -0.1) is 34.0 Å². The first-order valence-electron chi connectivity index (χ1n) is 49.8. The highest BCUT2D eigenvalue weighted by Gasteiger charge is 2.26. The van der Waals surface area contributed by atoms with Gasteiger partial charge in [0, 0.05) is 143 Å². The molecule has 0 atom stereocenters. The van der Waals surface area contributed by atoms with Gasteiger partial charge < -0.3 is 28.0 Å². The van der Waals surface area contributed by atoms with Gasteiger partial charge in [-0.25, -0.2) is 0 Å². The van der Waals surface area contributed by atoms with Crippen LogP contribution in [0.4, 0.5) is 51.2 Å². The predicted molar refractivity (Wildman–Crippen MR) is 629 cm³/mol. The quantitative estimate of drug-likeness (QED) is 0.102. The summed E-state index contributed by atoms with van der Waals surface area (Å²) in [6.45, 7) is 0. The van der Waals surface area contributed by atoms with Crippen molar-refractivity contribution < 1.29 is 13.3 Å². The zero-order valence-corrected chi connectivity index (χ0v) is 82.0. The molecule has 6 heterocycles. The normalized spacial score (nSPS) is 11.7. The summed E-state index contributed by atoms with van der Waals surface area (Å²) in [7, 11) is 0. The van der Waals surface area contributed by atoms with E-state index in [1.54, 1.807) is 0 Å². The molecule has 24 aromatic carbocycles. The lowest BCUT2D eigenvalue weighted by Gasteiger charge is -2.27. The van der Waals surface area contributed by atoms with Gasteiger partial charge in [0.25, 0.3) is 0 Å². The summed E-state index contributed by atoms with van der Waals surface area (Å²) >= 11 is 5.62. The molecule has 9 heteroatoms. The van der Waals surface area contributed by atoms with Crippen LogP contribution < -0.4 is 14.7 Å². The lowest BCUT2D eigenvalue weighted by atomic mass is 9.98. The van der Waals surface area contributed by atoms with Gasteiger partial charge in [0.2, 0.25) is 0 Å². The Balaban J connectivity index is 0.000000107. The molecule has 30 rings (SSSR count). The monoisotopic (exact) mass is 1930 g/mol. The molecule has 0 aliphatic heterocycles. The van der Waals surface area contributed by atoms with E-state index in [1.807, 2.05) is 70.4 Å². The predicted octanol–water partition coefficient (Wildman–Crippen LogP) is 41.7. The summed E-state index contributed by atoms with van der Waals surface area (Å²) < 4.78 is 27.1. The minimum Gasteiger partial charge on any atom is -0.456 e. The lowest BCUT2D eigenvalue weighted by Crippen LogP contribution is -2.10. The van der Waals surface area contributed by atoms with E-state index in [0.29, 0.717) is 0 Å². The molecular formula is C138H87N3O3S3. The minimum atomic E-state index is 0.871. The van der Waals surface area contributed by atoms with Gasteiger partial charge in [-0.05, 0) is 222 Å². The van der Waals surface area contributed by atoms with E-state index in [4.69, 9.17) is 13.3 Å². The summed E-state index contributed by atoms with van der Waals surface area (Å²) in [4.78, 5) is 7.08. The molecule has 30 aromatic rings. The highest BCUT2D eigenvalue weighted by molar-refractivity contribution is 7.27. The Hall–Kier alpha value is -18.5. The zero-order valence-electron chi connectivity index (χ0n) is 79.5. The van der Waals surface area contributed by atoms with Gasteiger partial charge in [-0.2, -0.15) is 0 Å². The third-order valence-electron chi connectivity index (χ3n) is 29.0. The SMILES string of the molecule is c1ccc2c(N(c3ccc(-c4ccc(-c5cccc6c5oc5ccccc56)cc4)cc3)c3cccc4c3oc3ccccc34)cccc2c1.c1ccc2c(N(c3ccc(-c4ccc(-c5cccc6c5sc5ccccc56)cc4)cc3)c3ccc4oc5ccccc5c4c3)cccc2c1.c1ccc2cc(N(c3ccc(-c4ccc(-c5cccc6c5sc5ccccc56)cc4)cc3)c3ccc4sc5ccccc5c4c3)ccc2c1. The van der Waals surface area contributed by atoms with Crippen LogP contribution in [0.3, 0.4) is 0 Å². The van der Waals surface area contributed by atoms with E-state index in [1.165, 1.54) is 137 Å². The second-order valence-electron chi connectivity index (χ2n) is 37.6. The van der Waals surface area contributed by atoms with Crippen LogP contribution in [-0.2, 0) is 0 Å². The third kappa shape index (κ3) is 15.5. The van der Waals surface area contributed by atoms with Crippen molar-refractivity contribution in [1.29, 1.82) is 0 Å². The number of para-hydroxylation sites is 5. The molecule has 690 valence electrons. The summed E-state index contributed by atoms with van der Waals surface area (Å²) in [6, 6.07) is 190. The maximum atomic E-state index is 6.56. The highest BCUT2D eigenvalue weighted by atomic mass is 32.1. The molecule has 0 fully saturated rings. The van der Waals surface area contributed by atoms with Crippen molar-refractivity contribution in [1.82, 2.24) is 0 Å².